The topological polar surface area (TPSA) is 95.1 Å². The Hall–Kier alpha value is -3.73. The highest BCUT2D eigenvalue weighted by Gasteiger charge is 2.39. The van der Waals surface area contributed by atoms with Crippen LogP contribution < -0.4 is 10.3 Å². The first-order chi connectivity index (χ1) is 17.2. The molecule has 1 aliphatic carbocycles. The third-order valence-electron chi connectivity index (χ3n) is 6.43. The van der Waals surface area contributed by atoms with Crippen molar-refractivity contribution < 1.29 is 23.0 Å². The van der Waals surface area contributed by atoms with Gasteiger partial charge in [0.05, 0.1) is 42.7 Å². The van der Waals surface area contributed by atoms with Crippen molar-refractivity contribution >= 4 is 10.9 Å². The predicted molar refractivity (Wildman–Crippen MR) is 125 cm³/mol. The Bertz CT molecular complexity index is 1490. The summed E-state index contributed by atoms with van der Waals surface area (Å²) in [6.07, 6.45) is 1.37. The molecule has 0 amide bonds. The Balaban J connectivity index is 1.74. The number of aliphatic hydroxyl groups is 1. The van der Waals surface area contributed by atoms with Crippen LogP contribution in [0.2, 0.25) is 0 Å². The number of benzene rings is 1. The van der Waals surface area contributed by atoms with E-state index in [1.165, 1.54) is 33.9 Å². The van der Waals surface area contributed by atoms with E-state index in [9.17, 15) is 23.1 Å². The molecule has 1 saturated carbocycles. The van der Waals surface area contributed by atoms with Gasteiger partial charge in [0.15, 0.2) is 5.69 Å². The van der Waals surface area contributed by atoms with Crippen LogP contribution in [0.1, 0.15) is 42.8 Å². The minimum Gasteiger partial charge on any atom is -0.497 e. The zero-order chi connectivity index (χ0) is 25.6. The van der Waals surface area contributed by atoms with E-state index >= 15 is 0 Å². The number of fused-ring (bicyclic) bond motifs is 1. The number of aliphatic hydroxyl groups excluding tert-OH is 1. The van der Waals surface area contributed by atoms with E-state index in [1.807, 2.05) is 0 Å². The minimum absolute atomic E-state index is 0.0929. The number of alkyl halides is 3. The maximum Gasteiger partial charge on any atom is 0.435 e. The molecule has 4 aromatic rings. The van der Waals surface area contributed by atoms with Gasteiger partial charge in [0.2, 0.25) is 0 Å². The van der Waals surface area contributed by atoms with E-state index < -0.39 is 30.1 Å². The Labute approximate surface area is 204 Å². The number of hydrogen-bond acceptors (Lipinski definition) is 6. The summed E-state index contributed by atoms with van der Waals surface area (Å²) >= 11 is 0. The zero-order valence-corrected chi connectivity index (χ0v) is 19.7. The van der Waals surface area contributed by atoms with Gasteiger partial charge in [0, 0.05) is 36.1 Å². The molecular weight excluding hydrogens is 475 g/mol. The van der Waals surface area contributed by atoms with E-state index in [2.05, 4.69) is 15.1 Å². The molecule has 1 aromatic carbocycles. The number of halogens is 3. The van der Waals surface area contributed by atoms with Gasteiger partial charge < -0.3 is 9.84 Å². The standard InChI is InChI=1S/C25H24F3N5O3/c1-3-32-11-19(23(31-32)25(26,27)28)17-8-14(12-34)9-18-21(17)30-13-33(24(18)35)22(15-4-5-15)20-10-16(36-2)6-7-29-20/h6-11,13,15,22,34H,3-5,12H2,1-2H3. The summed E-state index contributed by atoms with van der Waals surface area (Å²) in [4.78, 5) is 22.7. The summed E-state index contributed by atoms with van der Waals surface area (Å²) in [7, 11) is 1.54. The van der Waals surface area contributed by atoms with Crippen LogP contribution in [0.25, 0.3) is 22.0 Å². The van der Waals surface area contributed by atoms with E-state index in [0.717, 1.165) is 12.8 Å². The highest BCUT2D eigenvalue weighted by molar-refractivity contribution is 5.94. The fourth-order valence-electron chi connectivity index (χ4n) is 4.53. The van der Waals surface area contributed by atoms with Crippen molar-refractivity contribution in [3.05, 3.63) is 70.3 Å². The molecule has 3 heterocycles. The second-order valence-corrected chi connectivity index (χ2v) is 8.80. The van der Waals surface area contributed by atoms with Crippen molar-refractivity contribution in [2.24, 2.45) is 5.92 Å². The number of rotatable bonds is 7. The molecule has 11 heteroatoms. The van der Waals surface area contributed by atoms with E-state index in [-0.39, 0.29) is 34.5 Å². The first kappa shape index (κ1) is 24.0. The number of aryl methyl sites for hydroxylation is 1. The normalized spacial score (nSPS) is 14.8. The average molecular weight is 499 g/mol. The summed E-state index contributed by atoms with van der Waals surface area (Å²) in [6, 6.07) is 5.98. The number of ether oxygens (including phenoxy) is 1. The SMILES string of the molecule is CCn1cc(-c2cc(CO)cc3c(=O)n(C(c4cc(OC)ccn4)C4CC4)cnc23)c(C(F)(F)F)n1. The van der Waals surface area contributed by atoms with Gasteiger partial charge in [-0.1, -0.05) is 0 Å². The molecule has 0 aliphatic heterocycles. The molecule has 1 atom stereocenters. The average Bonchev–Trinajstić information content (AvgIpc) is 3.60. The lowest BCUT2D eigenvalue weighted by atomic mass is 9.99. The molecule has 1 unspecified atom stereocenters. The van der Waals surface area contributed by atoms with Crippen molar-refractivity contribution in [2.75, 3.05) is 7.11 Å². The van der Waals surface area contributed by atoms with Crippen LogP contribution in [-0.2, 0) is 19.3 Å². The first-order valence-corrected chi connectivity index (χ1v) is 11.5. The van der Waals surface area contributed by atoms with Gasteiger partial charge in [0.25, 0.3) is 5.56 Å². The molecule has 0 saturated heterocycles. The number of hydrogen-bond donors (Lipinski definition) is 1. The van der Waals surface area contributed by atoms with Crippen molar-refractivity contribution in [1.82, 2.24) is 24.3 Å². The monoisotopic (exact) mass is 499 g/mol. The smallest absolute Gasteiger partial charge is 0.435 e. The second kappa shape index (κ2) is 9.05. The van der Waals surface area contributed by atoms with Crippen LogP contribution in [0.15, 0.2) is 47.8 Å². The maximum atomic E-state index is 13.8. The van der Waals surface area contributed by atoms with Gasteiger partial charge >= 0.3 is 6.18 Å². The molecule has 0 radical (unpaired) electrons. The highest BCUT2D eigenvalue weighted by atomic mass is 19.4. The predicted octanol–water partition coefficient (Wildman–Crippen LogP) is 4.19. The highest BCUT2D eigenvalue weighted by Crippen LogP contribution is 2.43. The lowest BCUT2D eigenvalue weighted by molar-refractivity contribution is -0.141. The van der Waals surface area contributed by atoms with Gasteiger partial charge in [0.1, 0.15) is 5.75 Å². The molecule has 1 aliphatic rings. The molecular formula is C25H24F3N5O3. The van der Waals surface area contributed by atoms with Crippen molar-refractivity contribution in [1.29, 1.82) is 0 Å². The van der Waals surface area contributed by atoms with Crippen LogP contribution >= 0.6 is 0 Å². The molecule has 1 N–H and O–H groups in total. The van der Waals surface area contributed by atoms with E-state index in [4.69, 9.17) is 4.74 Å². The fourth-order valence-corrected chi connectivity index (χ4v) is 4.53. The van der Waals surface area contributed by atoms with Crippen LogP contribution in [-0.4, -0.2) is 36.5 Å². The van der Waals surface area contributed by atoms with Crippen molar-refractivity contribution in [3.8, 4) is 16.9 Å². The fraction of sp³-hybridized carbons (Fsp3) is 0.360. The molecule has 8 nitrogen and oxygen atoms in total. The summed E-state index contributed by atoms with van der Waals surface area (Å²) < 4.78 is 49.5. The molecule has 188 valence electrons. The lowest BCUT2D eigenvalue weighted by Gasteiger charge is -2.20. The largest absolute Gasteiger partial charge is 0.497 e. The minimum atomic E-state index is -4.71. The lowest BCUT2D eigenvalue weighted by Crippen LogP contribution is -2.28. The first-order valence-electron chi connectivity index (χ1n) is 11.5. The third kappa shape index (κ3) is 4.23. The number of nitrogens with zero attached hydrogens (tertiary/aromatic N) is 5. The van der Waals surface area contributed by atoms with Gasteiger partial charge in [-0.15, -0.1) is 0 Å². The molecule has 36 heavy (non-hydrogen) atoms. The van der Waals surface area contributed by atoms with Crippen LogP contribution in [0.5, 0.6) is 5.75 Å². The van der Waals surface area contributed by atoms with E-state index in [0.29, 0.717) is 17.0 Å². The Kier molecular flexibility index (Phi) is 6.03. The maximum absolute atomic E-state index is 13.8. The molecule has 5 rings (SSSR count). The molecule has 0 spiro atoms. The zero-order valence-electron chi connectivity index (χ0n) is 19.7. The quantitative estimate of drug-likeness (QED) is 0.410. The number of methoxy groups -OCH3 is 1. The van der Waals surface area contributed by atoms with Gasteiger partial charge in [-0.25, -0.2) is 4.98 Å². The van der Waals surface area contributed by atoms with Crippen molar-refractivity contribution in [2.45, 2.75) is 45.1 Å². The Morgan fingerprint density at radius 3 is 2.61 bits per heavy atom. The number of pyridine rings is 1. The number of aromatic nitrogens is 5. The molecule has 0 bridgehead atoms. The van der Waals surface area contributed by atoms with Crippen LogP contribution in [0.3, 0.4) is 0 Å². The Morgan fingerprint density at radius 2 is 1.97 bits per heavy atom. The van der Waals surface area contributed by atoms with Crippen LogP contribution in [0.4, 0.5) is 13.2 Å². The second-order valence-electron chi connectivity index (χ2n) is 8.80. The Morgan fingerprint density at radius 1 is 1.19 bits per heavy atom. The van der Waals surface area contributed by atoms with Gasteiger partial charge in [-0.3, -0.25) is 19.0 Å². The van der Waals surface area contributed by atoms with E-state index in [1.54, 1.807) is 32.4 Å². The molecule has 3 aromatic heterocycles. The van der Waals surface area contributed by atoms with Gasteiger partial charge in [-0.05, 0) is 49.4 Å². The van der Waals surface area contributed by atoms with Gasteiger partial charge in [-0.2, -0.15) is 18.3 Å². The van der Waals surface area contributed by atoms with Crippen molar-refractivity contribution in [3.63, 3.8) is 0 Å². The summed E-state index contributed by atoms with van der Waals surface area (Å²) in [5, 5.41) is 13.7. The third-order valence-corrected chi connectivity index (χ3v) is 6.43. The summed E-state index contributed by atoms with van der Waals surface area (Å²) in [5.41, 5.74) is -0.533. The molecule has 1 fully saturated rings. The summed E-state index contributed by atoms with van der Waals surface area (Å²) in [5.74, 6) is 0.770. The van der Waals surface area contributed by atoms with Crippen LogP contribution in [0, 0.1) is 5.92 Å². The summed E-state index contributed by atoms with van der Waals surface area (Å²) in [6.45, 7) is 1.46.